The number of aromatic nitrogens is 3. The van der Waals surface area contributed by atoms with Crippen LogP contribution in [0.4, 0.5) is 23.3 Å². The molecule has 0 aliphatic heterocycles. The maximum absolute atomic E-state index is 5.44. The fourth-order valence-corrected chi connectivity index (χ4v) is 3.24. The van der Waals surface area contributed by atoms with Crippen LogP contribution in [0, 0.1) is 6.92 Å². The normalized spacial score (nSPS) is 10.6. The smallest absolute Gasteiger partial charge is 0.229 e. The van der Waals surface area contributed by atoms with Gasteiger partial charge in [0.1, 0.15) is 11.6 Å². The minimum absolute atomic E-state index is 0.438. The molecule has 0 bridgehead atoms. The van der Waals surface area contributed by atoms with Crippen LogP contribution in [-0.4, -0.2) is 36.3 Å². The third-order valence-corrected chi connectivity index (χ3v) is 4.79. The summed E-state index contributed by atoms with van der Waals surface area (Å²) in [4.78, 5) is 13.4. The van der Waals surface area contributed by atoms with Gasteiger partial charge in [0.2, 0.25) is 11.8 Å². The van der Waals surface area contributed by atoms with Gasteiger partial charge in [-0.2, -0.15) is 9.97 Å². The minimum atomic E-state index is 0.438. The van der Waals surface area contributed by atoms with Crippen LogP contribution in [-0.2, 0) is 0 Å². The van der Waals surface area contributed by atoms with E-state index in [0.29, 0.717) is 35.0 Å². The lowest BCUT2D eigenvalue weighted by Crippen LogP contribution is -2.03. The van der Waals surface area contributed by atoms with Gasteiger partial charge in [-0.25, -0.2) is 4.98 Å². The quantitative estimate of drug-likeness (QED) is 0.441. The second-order valence-electron chi connectivity index (χ2n) is 6.78. The second-order valence-corrected chi connectivity index (χ2v) is 6.78. The van der Waals surface area contributed by atoms with Crippen molar-refractivity contribution in [2.45, 2.75) is 6.92 Å². The molecule has 158 valence electrons. The van der Waals surface area contributed by atoms with Crippen molar-refractivity contribution in [1.29, 1.82) is 0 Å². The fourth-order valence-electron chi connectivity index (χ4n) is 3.24. The summed E-state index contributed by atoms with van der Waals surface area (Å²) in [6, 6.07) is 15.4. The maximum atomic E-state index is 5.44. The number of pyridine rings is 1. The summed E-state index contributed by atoms with van der Waals surface area (Å²) in [5.41, 5.74) is 1.79. The molecule has 31 heavy (non-hydrogen) atoms. The predicted molar refractivity (Wildman–Crippen MR) is 121 cm³/mol. The average Bonchev–Trinajstić information content (AvgIpc) is 2.79. The molecule has 0 radical (unpaired) electrons. The van der Waals surface area contributed by atoms with Gasteiger partial charge in [-0.1, -0.05) is 18.2 Å². The molecule has 2 aromatic carbocycles. The summed E-state index contributed by atoms with van der Waals surface area (Å²) in [5.74, 6) is 3.50. The van der Waals surface area contributed by atoms with E-state index >= 15 is 0 Å². The van der Waals surface area contributed by atoms with Crippen molar-refractivity contribution in [3.63, 3.8) is 0 Å². The van der Waals surface area contributed by atoms with Gasteiger partial charge < -0.3 is 24.8 Å². The Labute approximate surface area is 180 Å². The number of methoxy groups -OCH3 is 3. The molecule has 2 aromatic heterocycles. The molecule has 0 spiro atoms. The Morgan fingerprint density at radius 1 is 0.774 bits per heavy atom. The highest BCUT2D eigenvalue weighted by molar-refractivity contribution is 5.89. The maximum Gasteiger partial charge on any atom is 0.229 e. The molecule has 0 atom stereocenters. The average molecular weight is 417 g/mol. The van der Waals surface area contributed by atoms with E-state index in [9.17, 15) is 0 Å². The molecule has 0 fully saturated rings. The minimum Gasteiger partial charge on any atom is -0.493 e. The van der Waals surface area contributed by atoms with Gasteiger partial charge in [-0.15, -0.1) is 0 Å². The van der Waals surface area contributed by atoms with Gasteiger partial charge in [-0.3, -0.25) is 0 Å². The Kier molecular flexibility index (Phi) is 5.70. The van der Waals surface area contributed by atoms with Crippen LogP contribution in [0.1, 0.15) is 5.56 Å². The molecular formula is C23H23N5O3. The largest absolute Gasteiger partial charge is 0.493 e. The molecule has 8 heteroatoms. The number of rotatable bonds is 7. The van der Waals surface area contributed by atoms with Gasteiger partial charge in [0.05, 0.1) is 21.3 Å². The zero-order valence-corrected chi connectivity index (χ0v) is 17.8. The van der Waals surface area contributed by atoms with E-state index in [1.165, 1.54) is 0 Å². The number of hydrogen-bond acceptors (Lipinski definition) is 8. The van der Waals surface area contributed by atoms with Crippen molar-refractivity contribution < 1.29 is 14.2 Å². The monoisotopic (exact) mass is 417 g/mol. The topological polar surface area (TPSA) is 90.4 Å². The molecule has 0 saturated heterocycles. The lowest BCUT2D eigenvalue weighted by molar-refractivity contribution is 0.355. The van der Waals surface area contributed by atoms with Crippen LogP contribution in [0.2, 0.25) is 0 Å². The van der Waals surface area contributed by atoms with E-state index in [2.05, 4.69) is 25.6 Å². The van der Waals surface area contributed by atoms with Crippen molar-refractivity contribution in [2.24, 2.45) is 0 Å². The zero-order valence-electron chi connectivity index (χ0n) is 17.8. The van der Waals surface area contributed by atoms with Crippen LogP contribution in [0.5, 0.6) is 17.4 Å². The summed E-state index contributed by atoms with van der Waals surface area (Å²) in [7, 11) is 4.82. The SMILES string of the molecule is COc1cc(C)c(Nc2nccc(Nc3cc4ccccc4c(OC)n3)n2)cc1OC. The van der Waals surface area contributed by atoms with Crippen molar-refractivity contribution in [2.75, 3.05) is 32.0 Å². The van der Waals surface area contributed by atoms with E-state index in [-0.39, 0.29) is 0 Å². The molecule has 0 saturated carbocycles. The lowest BCUT2D eigenvalue weighted by atomic mass is 10.1. The van der Waals surface area contributed by atoms with Crippen molar-refractivity contribution >= 4 is 34.0 Å². The van der Waals surface area contributed by atoms with Gasteiger partial charge >= 0.3 is 0 Å². The van der Waals surface area contributed by atoms with E-state index in [0.717, 1.165) is 22.0 Å². The number of nitrogens with zero attached hydrogens (tertiary/aromatic N) is 3. The van der Waals surface area contributed by atoms with Gasteiger partial charge in [-0.05, 0) is 42.1 Å². The number of anilines is 4. The van der Waals surface area contributed by atoms with Crippen LogP contribution in [0.15, 0.2) is 54.7 Å². The molecule has 0 aliphatic rings. The van der Waals surface area contributed by atoms with Crippen molar-refractivity contribution in [1.82, 2.24) is 15.0 Å². The molecule has 2 N–H and O–H groups in total. The van der Waals surface area contributed by atoms with Crippen LogP contribution >= 0.6 is 0 Å². The summed E-state index contributed by atoms with van der Waals surface area (Å²) >= 11 is 0. The van der Waals surface area contributed by atoms with Gasteiger partial charge in [0.25, 0.3) is 0 Å². The molecule has 0 aliphatic carbocycles. The van der Waals surface area contributed by atoms with E-state index in [4.69, 9.17) is 14.2 Å². The summed E-state index contributed by atoms with van der Waals surface area (Å²) in [6.07, 6.45) is 1.67. The summed E-state index contributed by atoms with van der Waals surface area (Å²) < 4.78 is 16.2. The predicted octanol–water partition coefficient (Wildman–Crippen LogP) is 4.85. The number of fused-ring (bicyclic) bond motifs is 1. The summed E-state index contributed by atoms with van der Waals surface area (Å²) in [6.45, 7) is 1.97. The third kappa shape index (κ3) is 4.28. The molecule has 0 amide bonds. The van der Waals surface area contributed by atoms with Crippen LogP contribution < -0.4 is 24.8 Å². The van der Waals surface area contributed by atoms with E-state index < -0.39 is 0 Å². The molecule has 0 unspecified atom stereocenters. The van der Waals surface area contributed by atoms with Crippen LogP contribution in [0.3, 0.4) is 0 Å². The Balaban J connectivity index is 1.60. The summed E-state index contributed by atoms with van der Waals surface area (Å²) in [5, 5.41) is 8.43. The molecular weight excluding hydrogens is 394 g/mol. The fraction of sp³-hybridized carbons (Fsp3) is 0.174. The standard InChI is InChI=1S/C23H23N5O3/c1-14-11-18(29-2)19(30-3)13-17(14)25-23-24-10-9-20(28-23)26-21-12-15-7-5-6-8-16(15)22(27-21)31-4/h5-13H,1-4H3,(H2,24,25,26,27,28). The number of benzene rings is 2. The lowest BCUT2D eigenvalue weighted by Gasteiger charge is -2.14. The van der Waals surface area contributed by atoms with E-state index in [1.54, 1.807) is 33.6 Å². The Morgan fingerprint density at radius 3 is 2.32 bits per heavy atom. The van der Waals surface area contributed by atoms with Crippen LogP contribution in [0.25, 0.3) is 10.8 Å². The first-order valence-electron chi connectivity index (χ1n) is 9.64. The first kappa shape index (κ1) is 20.2. The molecule has 4 rings (SSSR count). The Bertz CT molecular complexity index is 1230. The Morgan fingerprint density at radius 2 is 1.55 bits per heavy atom. The number of nitrogens with one attached hydrogen (secondary N) is 2. The molecule has 8 nitrogen and oxygen atoms in total. The van der Waals surface area contributed by atoms with Gasteiger partial charge in [0.15, 0.2) is 11.5 Å². The van der Waals surface area contributed by atoms with E-state index in [1.807, 2.05) is 49.4 Å². The van der Waals surface area contributed by atoms with Gasteiger partial charge in [0, 0.05) is 23.3 Å². The molecule has 2 heterocycles. The third-order valence-electron chi connectivity index (χ3n) is 4.79. The number of aryl methyl sites for hydroxylation is 1. The number of ether oxygens (including phenoxy) is 3. The first-order valence-corrected chi connectivity index (χ1v) is 9.64. The molecule has 4 aromatic rings. The van der Waals surface area contributed by atoms with Crippen molar-refractivity contribution in [3.05, 3.63) is 60.3 Å². The highest BCUT2D eigenvalue weighted by Crippen LogP contribution is 2.34. The number of hydrogen-bond donors (Lipinski definition) is 2. The second kappa shape index (κ2) is 8.74. The zero-order chi connectivity index (χ0) is 21.8. The highest BCUT2D eigenvalue weighted by atomic mass is 16.5. The Hall–Kier alpha value is -4.07. The highest BCUT2D eigenvalue weighted by Gasteiger charge is 2.11. The van der Waals surface area contributed by atoms with Crippen molar-refractivity contribution in [3.8, 4) is 17.4 Å². The first-order chi connectivity index (χ1) is 15.1.